The Balaban J connectivity index is 1.27. The number of nitrogens with zero attached hydrogens (tertiary/aromatic N) is 8. The third-order valence-electron chi connectivity index (χ3n) is 9.70. The molecule has 0 bridgehead atoms. The fourth-order valence-electron chi connectivity index (χ4n) is 6.52. The lowest BCUT2D eigenvalue weighted by atomic mass is 10.1. The topological polar surface area (TPSA) is 435 Å². The molecule has 7 aromatic rings. The summed E-state index contributed by atoms with van der Waals surface area (Å²) in [6, 6.07) is 16.7. The molecule has 0 aliphatic rings. The SMILES string of the molecule is O=C(O)c1[nH]n(-c2ccc3c(O)c(N=Nc4cc(OCCO)c(N=Nc5ccc([N+](=O)[O-])cc5S(=O)(=O)O)cc4OCCO)c(S(=O)(=O)O)cc3c2)c(=O)c1N=Nc1ccc2cc(S(=O)(=O)O)ccc2c1. The molecule has 7 rings (SSSR count). The van der Waals surface area contributed by atoms with Crippen LogP contribution in [0.2, 0.25) is 0 Å². The molecule has 0 spiro atoms. The molecule has 0 amide bonds. The van der Waals surface area contributed by atoms with Crippen molar-refractivity contribution in [2.45, 2.75) is 14.7 Å². The van der Waals surface area contributed by atoms with Gasteiger partial charge in [0.25, 0.3) is 41.6 Å². The summed E-state index contributed by atoms with van der Waals surface area (Å²) in [5, 5.41) is 77.9. The largest absolute Gasteiger partial charge is 0.505 e. The number of phenols is 1. The van der Waals surface area contributed by atoms with Gasteiger partial charge >= 0.3 is 5.97 Å². The lowest BCUT2D eigenvalue weighted by Crippen LogP contribution is -2.14. The van der Waals surface area contributed by atoms with Crippen molar-refractivity contribution >= 4 is 97.7 Å². The van der Waals surface area contributed by atoms with Gasteiger partial charge in [-0.25, -0.2) is 9.48 Å². The third kappa shape index (κ3) is 11.1. The molecule has 28 nitrogen and oxygen atoms in total. The van der Waals surface area contributed by atoms with Crippen LogP contribution in [0.25, 0.3) is 27.2 Å². The number of carboxylic acid groups (broad SMARTS) is 1. The molecule has 71 heavy (non-hydrogen) atoms. The lowest BCUT2D eigenvalue weighted by Gasteiger charge is -2.13. The molecule has 1 heterocycles. The predicted octanol–water partition coefficient (Wildman–Crippen LogP) is 6.51. The summed E-state index contributed by atoms with van der Waals surface area (Å²) >= 11 is 0. The van der Waals surface area contributed by atoms with Crippen LogP contribution in [0.4, 0.5) is 39.8 Å². The number of H-pyrrole nitrogens is 1. The number of ether oxygens (including phenoxy) is 2. The van der Waals surface area contributed by atoms with Gasteiger partial charge in [-0.15, -0.1) is 25.6 Å². The van der Waals surface area contributed by atoms with Crippen molar-refractivity contribution in [1.29, 1.82) is 0 Å². The first kappa shape index (κ1) is 50.4. The first-order valence-corrected chi connectivity index (χ1v) is 23.8. The standard InChI is InChI=1S/C40H31N9O19S3/c50-9-11-67-31-19-30(32(68-12-10-51)18-29(31)43-42-28-8-5-25(49(56)57)17-33(28)70(61,62)63)44-45-35-34(71(64,65)66)16-22-14-24(4-7-27(22)38(35)52)48-39(53)36(37(47-48)40(54)55)46-41-23-3-1-21-15-26(69(58,59)60)6-2-20(21)13-23/h1-8,13-19,47,50-52H,9-12H2,(H,54,55)(H,58,59,60)(H,61,62,63)(H,64,65,66). The fraction of sp³-hybridized carbons (Fsp3) is 0.100. The van der Waals surface area contributed by atoms with E-state index in [2.05, 4.69) is 35.8 Å². The quantitative estimate of drug-likeness (QED) is 0.0196. The van der Waals surface area contributed by atoms with E-state index in [9.17, 15) is 79.0 Å². The van der Waals surface area contributed by atoms with Crippen molar-refractivity contribution in [3.8, 4) is 22.9 Å². The number of aromatic nitrogens is 2. The maximum absolute atomic E-state index is 13.7. The van der Waals surface area contributed by atoms with Crippen molar-refractivity contribution in [3.63, 3.8) is 0 Å². The summed E-state index contributed by atoms with van der Waals surface area (Å²) in [6.07, 6.45) is 0. The zero-order valence-corrected chi connectivity index (χ0v) is 37.8. The van der Waals surface area contributed by atoms with Crippen LogP contribution in [-0.4, -0.2) is 106 Å². The van der Waals surface area contributed by atoms with Gasteiger partial charge in [0, 0.05) is 29.7 Å². The Hall–Kier alpha value is -8.43. The number of nitro groups is 1. The highest BCUT2D eigenvalue weighted by Gasteiger charge is 2.26. The number of carboxylic acids is 1. The summed E-state index contributed by atoms with van der Waals surface area (Å²) in [5.41, 5.74) is -5.24. The molecule has 6 aromatic carbocycles. The Kier molecular flexibility index (Phi) is 14.1. The van der Waals surface area contributed by atoms with Crippen molar-refractivity contribution in [2.24, 2.45) is 30.7 Å². The smallest absolute Gasteiger partial charge is 0.356 e. The number of fused-ring (bicyclic) bond motifs is 2. The molecule has 0 atom stereocenters. The Morgan fingerprint density at radius 2 is 1.24 bits per heavy atom. The van der Waals surface area contributed by atoms with Crippen LogP contribution in [0.5, 0.6) is 17.2 Å². The van der Waals surface area contributed by atoms with Crippen LogP contribution < -0.4 is 15.0 Å². The monoisotopic (exact) mass is 1040 g/mol. The van der Waals surface area contributed by atoms with Crippen LogP contribution in [0.1, 0.15) is 10.5 Å². The number of aromatic amines is 1. The highest BCUT2D eigenvalue weighted by molar-refractivity contribution is 7.86. The van der Waals surface area contributed by atoms with Crippen LogP contribution in [0.3, 0.4) is 0 Å². The molecule has 0 saturated heterocycles. The van der Waals surface area contributed by atoms with Crippen LogP contribution >= 0.6 is 0 Å². The van der Waals surface area contributed by atoms with Gasteiger partial charge in [-0.2, -0.15) is 30.4 Å². The van der Waals surface area contributed by atoms with Gasteiger partial charge in [0.2, 0.25) is 0 Å². The van der Waals surface area contributed by atoms with E-state index >= 15 is 0 Å². The van der Waals surface area contributed by atoms with Gasteiger partial charge in [-0.1, -0.05) is 12.1 Å². The molecule has 31 heteroatoms. The van der Waals surface area contributed by atoms with Crippen molar-refractivity contribution < 1.29 is 78.5 Å². The Morgan fingerprint density at radius 3 is 1.83 bits per heavy atom. The fourth-order valence-corrected chi connectivity index (χ4v) is 8.34. The van der Waals surface area contributed by atoms with E-state index in [1.807, 2.05) is 0 Å². The Bertz CT molecular complexity index is 3840. The third-order valence-corrected chi connectivity index (χ3v) is 12.3. The minimum absolute atomic E-state index is 0.108. The number of aliphatic hydroxyl groups is 2. The molecule has 0 fully saturated rings. The van der Waals surface area contributed by atoms with E-state index in [0.717, 1.165) is 47.1 Å². The average molecular weight is 1040 g/mol. The second kappa shape index (κ2) is 19.9. The Labute approximate surface area is 396 Å². The molecule has 368 valence electrons. The average Bonchev–Trinajstić information content (AvgIpc) is 3.65. The van der Waals surface area contributed by atoms with Gasteiger partial charge in [0.1, 0.15) is 57.3 Å². The maximum atomic E-state index is 13.7. The maximum Gasteiger partial charge on any atom is 0.356 e. The summed E-state index contributed by atoms with van der Waals surface area (Å²) in [5.74, 6) is -3.11. The number of azo groups is 3. The van der Waals surface area contributed by atoms with Crippen molar-refractivity contribution in [3.05, 3.63) is 117 Å². The number of rotatable bonds is 18. The minimum atomic E-state index is -5.29. The van der Waals surface area contributed by atoms with Gasteiger partial charge in [-0.3, -0.25) is 33.7 Å². The summed E-state index contributed by atoms with van der Waals surface area (Å²) < 4.78 is 114. The number of benzene rings is 6. The molecule has 0 radical (unpaired) electrons. The number of aliphatic hydroxyl groups excluding tert-OH is 2. The Morgan fingerprint density at radius 1 is 0.648 bits per heavy atom. The van der Waals surface area contributed by atoms with E-state index in [4.69, 9.17) is 9.47 Å². The molecule has 0 saturated carbocycles. The zero-order chi connectivity index (χ0) is 51.6. The molecule has 8 N–H and O–H groups in total. The normalized spacial score (nSPS) is 12.5. The number of nitro benzene ring substituents is 1. The predicted molar refractivity (Wildman–Crippen MR) is 243 cm³/mol. The first-order chi connectivity index (χ1) is 33.5. The van der Waals surface area contributed by atoms with Crippen LogP contribution in [0.15, 0.2) is 141 Å². The molecule has 0 unspecified atom stereocenters. The lowest BCUT2D eigenvalue weighted by molar-refractivity contribution is -0.385. The molecule has 1 aromatic heterocycles. The first-order valence-electron chi connectivity index (χ1n) is 19.5. The van der Waals surface area contributed by atoms with E-state index in [1.54, 1.807) is 0 Å². The molecule has 0 aliphatic carbocycles. The van der Waals surface area contributed by atoms with E-state index in [0.29, 0.717) is 16.8 Å². The number of nitrogens with one attached hydrogen (secondary N) is 1. The van der Waals surface area contributed by atoms with Gasteiger partial charge in [0.15, 0.2) is 17.1 Å². The molecular formula is C40H31N9O19S3. The number of aromatic carboxylic acids is 1. The number of hydrogen-bond acceptors (Lipinski definition) is 21. The highest BCUT2D eigenvalue weighted by Crippen LogP contribution is 2.45. The molecular weight excluding hydrogens is 1010 g/mol. The number of non-ortho nitro benzene ring substituents is 1. The highest BCUT2D eigenvalue weighted by atomic mass is 32.2. The number of carbonyl (C=O) groups is 1. The second-order valence-electron chi connectivity index (χ2n) is 14.3. The summed E-state index contributed by atoms with van der Waals surface area (Å²) in [6.45, 7) is -1.96. The second-order valence-corrected chi connectivity index (χ2v) is 18.5. The number of hydrogen-bond donors (Lipinski definition) is 8. The summed E-state index contributed by atoms with van der Waals surface area (Å²) in [4.78, 5) is 33.8. The van der Waals surface area contributed by atoms with Gasteiger partial charge in [-0.05, 0) is 70.8 Å². The van der Waals surface area contributed by atoms with E-state index in [1.165, 1.54) is 42.5 Å². The van der Waals surface area contributed by atoms with Crippen LogP contribution in [0, 0.1) is 10.1 Å². The summed E-state index contributed by atoms with van der Waals surface area (Å²) in [7, 11) is -14.9. The molecule has 0 aliphatic heterocycles. The van der Waals surface area contributed by atoms with Crippen LogP contribution in [-0.2, 0) is 30.4 Å². The van der Waals surface area contributed by atoms with Gasteiger partial charge in [0.05, 0.1) is 34.4 Å². The van der Waals surface area contributed by atoms with Crippen molar-refractivity contribution in [2.75, 3.05) is 26.4 Å². The van der Waals surface area contributed by atoms with E-state index in [-0.39, 0.29) is 49.9 Å². The van der Waals surface area contributed by atoms with E-state index < -0.39 is 117 Å². The number of aromatic hydroxyl groups is 1. The van der Waals surface area contributed by atoms with Crippen molar-refractivity contribution in [1.82, 2.24) is 9.78 Å². The minimum Gasteiger partial charge on any atom is -0.505 e. The van der Waals surface area contributed by atoms with Gasteiger partial charge < -0.3 is 29.9 Å². The zero-order valence-electron chi connectivity index (χ0n) is 35.3. The number of phenolic OH excluding ortho intramolecular Hbond substituents is 1.